The molecule has 1 aromatic carbocycles. The fraction of sp³-hybridized carbons (Fsp3) is 0.333. The first-order valence-electron chi connectivity index (χ1n) is 9.33. The summed E-state index contributed by atoms with van der Waals surface area (Å²) >= 11 is 0. The van der Waals surface area contributed by atoms with Gasteiger partial charge in [0, 0.05) is 14.1 Å². The standard InChI is InChI=1S/C21H24N4O4/c1-12(2)29-15-8-6-7-14(11-15)13(3)22-19(26)17-10-9-16-18(23-17)24(4)21(28)25(5)20(16)27/h6-13H,1-5H3,(H,22,26)/t13-/m1/s1. The van der Waals surface area contributed by atoms with Crippen LogP contribution < -0.4 is 21.3 Å². The normalized spacial score (nSPS) is 12.2. The number of nitrogens with zero attached hydrogens (tertiary/aromatic N) is 3. The summed E-state index contributed by atoms with van der Waals surface area (Å²) < 4.78 is 7.96. The molecule has 0 saturated heterocycles. The number of amides is 1. The summed E-state index contributed by atoms with van der Waals surface area (Å²) in [7, 11) is 2.92. The summed E-state index contributed by atoms with van der Waals surface area (Å²) in [6, 6.07) is 10.2. The molecule has 0 saturated carbocycles. The van der Waals surface area contributed by atoms with E-state index in [0.29, 0.717) is 0 Å². The summed E-state index contributed by atoms with van der Waals surface area (Å²) in [6.07, 6.45) is 0.0521. The number of hydrogen-bond donors (Lipinski definition) is 1. The van der Waals surface area contributed by atoms with Gasteiger partial charge in [0.1, 0.15) is 17.1 Å². The van der Waals surface area contributed by atoms with E-state index in [4.69, 9.17) is 4.74 Å². The van der Waals surface area contributed by atoms with Crippen LogP contribution >= 0.6 is 0 Å². The van der Waals surface area contributed by atoms with Crippen molar-refractivity contribution in [1.29, 1.82) is 0 Å². The zero-order valence-electron chi connectivity index (χ0n) is 17.1. The number of benzene rings is 1. The Bertz CT molecular complexity index is 1190. The van der Waals surface area contributed by atoms with Crippen LogP contribution in [0.1, 0.15) is 42.9 Å². The van der Waals surface area contributed by atoms with E-state index in [0.717, 1.165) is 15.9 Å². The maximum atomic E-state index is 12.7. The number of rotatable bonds is 5. The number of carbonyl (C=O) groups excluding carboxylic acids is 1. The van der Waals surface area contributed by atoms with Crippen LogP contribution in [-0.2, 0) is 14.1 Å². The van der Waals surface area contributed by atoms with E-state index in [2.05, 4.69) is 10.3 Å². The topological polar surface area (TPSA) is 95.2 Å². The van der Waals surface area contributed by atoms with Crippen LogP contribution in [0.15, 0.2) is 46.0 Å². The molecule has 0 radical (unpaired) electrons. The summed E-state index contributed by atoms with van der Waals surface area (Å²) in [6.45, 7) is 5.76. The van der Waals surface area contributed by atoms with Gasteiger partial charge in [0.2, 0.25) is 0 Å². The zero-order chi connectivity index (χ0) is 21.3. The molecule has 29 heavy (non-hydrogen) atoms. The molecular formula is C21H24N4O4. The minimum atomic E-state index is -0.497. The molecule has 1 atom stereocenters. The molecular weight excluding hydrogens is 372 g/mol. The fourth-order valence-corrected chi connectivity index (χ4v) is 3.06. The summed E-state index contributed by atoms with van der Waals surface area (Å²) in [5, 5.41) is 3.17. The first-order valence-corrected chi connectivity index (χ1v) is 9.33. The lowest BCUT2D eigenvalue weighted by atomic mass is 10.1. The molecule has 3 aromatic rings. The largest absolute Gasteiger partial charge is 0.491 e. The van der Waals surface area contributed by atoms with Crippen LogP contribution in [0.3, 0.4) is 0 Å². The van der Waals surface area contributed by atoms with E-state index in [-0.39, 0.29) is 28.9 Å². The van der Waals surface area contributed by atoms with Gasteiger partial charge in [-0.15, -0.1) is 0 Å². The third-order valence-corrected chi connectivity index (χ3v) is 4.61. The highest BCUT2D eigenvalue weighted by Gasteiger charge is 2.16. The molecule has 3 rings (SSSR count). The van der Waals surface area contributed by atoms with Crippen LogP contribution in [0.4, 0.5) is 0 Å². The summed E-state index contributed by atoms with van der Waals surface area (Å²) in [4.78, 5) is 41.3. The third kappa shape index (κ3) is 4.06. The van der Waals surface area contributed by atoms with Crippen molar-refractivity contribution in [1.82, 2.24) is 19.4 Å². The van der Waals surface area contributed by atoms with Crippen LogP contribution in [0, 0.1) is 0 Å². The Labute approximate surface area is 167 Å². The maximum absolute atomic E-state index is 12.7. The van der Waals surface area contributed by atoms with Crippen molar-refractivity contribution in [2.45, 2.75) is 32.9 Å². The number of ether oxygens (including phenoxy) is 1. The Hall–Kier alpha value is -3.42. The molecule has 0 fully saturated rings. The van der Waals surface area contributed by atoms with Gasteiger partial charge >= 0.3 is 5.69 Å². The third-order valence-electron chi connectivity index (χ3n) is 4.61. The van der Waals surface area contributed by atoms with E-state index in [1.54, 1.807) is 0 Å². The number of fused-ring (bicyclic) bond motifs is 1. The van der Waals surface area contributed by atoms with E-state index in [1.807, 2.05) is 45.0 Å². The van der Waals surface area contributed by atoms with Crippen molar-refractivity contribution < 1.29 is 9.53 Å². The van der Waals surface area contributed by atoms with Gasteiger partial charge in [0.15, 0.2) is 0 Å². The number of pyridine rings is 1. The molecule has 1 N–H and O–H groups in total. The molecule has 2 heterocycles. The second-order valence-electron chi connectivity index (χ2n) is 7.21. The SMILES string of the molecule is CC(C)Oc1cccc([C@@H](C)NC(=O)c2ccc3c(=O)n(C)c(=O)n(C)c3n2)c1. The van der Waals surface area contributed by atoms with Crippen LogP contribution in [0.2, 0.25) is 0 Å². The van der Waals surface area contributed by atoms with Crippen molar-refractivity contribution in [2.75, 3.05) is 0 Å². The molecule has 0 spiro atoms. The zero-order valence-corrected chi connectivity index (χ0v) is 17.1. The van der Waals surface area contributed by atoms with Gasteiger partial charge in [0.25, 0.3) is 11.5 Å². The lowest BCUT2D eigenvalue weighted by Crippen LogP contribution is -2.37. The van der Waals surface area contributed by atoms with E-state index >= 15 is 0 Å². The lowest BCUT2D eigenvalue weighted by molar-refractivity contribution is 0.0935. The average Bonchev–Trinajstić information content (AvgIpc) is 2.69. The summed E-state index contributed by atoms with van der Waals surface area (Å²) in [5.74, 6) is 0.330. The smallest absolute Gasteiger partial charge is 0.332 e. The van der Waals surface area contributed by atoms with Crippen LogP contribution in [0.5, 0.6) is 5.75 Å². The maximum Gasteiger partial charge on any atom is 0.332 e. The quantitative estimate of drug-likeness (QED) is 0.711. The molecule has 8 heteroatoms. The second-order valence-corrected chi connectivity index (χ2v) is 7.21. The van der Waals surface area contributed by atoms with Gasteiger partial charge in [-0.25, -0.2) is 9.78 Å². The minimum Gasteiger partial charge on any atom is -0.491 e. The Kier molecular flexibility index (Phi) is 5.54. The van der Waals surface area contributed by atoms with Crippen LogP contribution in [-0.4, -0.2) is 26.1 Å². The molecule has 0 aliphatic rings. The molecule has 0 aliphatic carbocycles. The van der Waals surface area contributed by atoms with Gasteiger partial charge in [-0.05, 0) is 50.6 Å². The van der Waals surface area contributed by atoms with Gasteiger partial charge in [-0.1, -0.05) is 12.1 Å². The number of carbonyl (C=O) groups is 1. The molecule has 152 valence electrons. The Balaban J connectivity index is 1.88. The van der Waals surface area contributed by atoms with Crippen molar-refractivity contribution >= 4 is 16.9 Å². The van der Waals surface area contributed by atoms with Crippen molar-refractivity contribution in [3.8, 4) is 5.75 Å². The van der Waals surface area contributed by atoms with Gasteiger partial charge in [0.05, 0.1) is 17.5 Å². The van der Waals surface area contributed by atoms with Gasteiger partial charge in [-0.3, -0.25) is 18.7 Å². The van der Waals surface area contributed by atoms with E-state index < -0.39 is 17.2 Å². The molecule has 0 unspecified atom stereocenters. The first-order chi connectivity index (χ1) is 13.7. The van der Waals surface area contributed by atoms with Gasteiger partial charge < -0.3 is 10.1 Å². The predicted molar refractivity (Wildman–Crippen MR) is 110 cm³/mol. The highest BCUT2D eigenvalue weighted by molar-refractivity contribution is 5.94. The van der Waals surface area contributed by atoms with Crippen molar-refractivity contribution in [3.05, 3.63) is 68.5 Å². The Morgan fingerprint density at radius 3 is 2.48 bits per heavy atom. The highest BCUT2D eigenvalue weighted by Crippen LogP contribution is 2.20. The summed E-state index contributed by atoms with van der Waals surface area (Å²) in [5.41, 5.74) is 0.243. The lowest BCUT2D eigenvalue weighted by Gasteiger charge is -2.16. The molecule has 8 nitrogen and oxygen atoms in total. The first kappa shape index (κ1) is 20.3. The van der Waals surface area contributed by atoms with E-state index in [1.165, 1.54) is 30.8 Å². The predicted octanol–water partition coefficient (Wildman–Crippen LogP) is 1.91. The molecule has 0 aliphatic heterocycles. The van der Waals surface area contributed by atoms with Crippen molar-refractivity contribution in [3.63, 3.8) is 0 Å². The van der Waals surface area contributed by atoms with Gasteiger partial charge in [-0.2, -0.15) is 0 Å². The number of nitrogens with one attached hydrogen (secondary N) is 1. The number of aryl methyl sites for hydroxylation is 1. The molecule has 1 amide bonds. The number of aromatic nitrogens is 3. The van der Waals surface area contributed by atoms with E-state index in [9.17, 15) is 14.4 Å². The molecule has 0 bridgehead atoms. The van der Waals surface area contributed by atoms with Crippen LogP contribution in [0.25, 0.3) is 11.0 Å². The minimum absolute atomic E-state index is 0.0521. The molecule has 2 aromatic heterocycles. The highest BCUT2D eigenvalue weighted by atomic mass is 16.5. The number of hydrogen-bond acceptors (Lipinski definition) is 5. The van der Waals surface area contributed by atoms with Crippen molar-refractivity contribution in [2.24, 2.45) is 14.1 Å². The second kappa shape index (κ2) is 7.90. The monoisotopic (exact) mass is 396 g/mol. The Morgan fingerprint density at radius 2 is 1.79 bits per heavy atom. The average molecular weight is 396 g/mol. The Morgan fingerprint density at radius 1 is 1.07 bits per heavy atom. The fourth-order valence-electron chi connectivity index (χ4n) is 3.06.